The highest BCUT2D eigenvalue weighted by atomic mass is 16.5. The van der Waals surface area contributed by atoms with Gasteiger partial charge in [-0.15, -0.1) is 0 Å². The number of imide groups is 1. The summed E-state index contributed by atoms with van der Waals surface area (Å²) in [5.74, 6) is 2.12. The van der Waals surface area contributed by atoms with Crippen molar-refractivity contribution in [2.75, 3.05) is 0 Å². The molecule has 0 spiro atoms. The highest BCUT2D eigenvalue weighted by molar-refractivity contribution is 6.06. The van der Waals surface area contributed by atoms with Gasteiger partial charge in [-0.05, 0) is 69.9 Å². The summed E-state index contributed by atoms with van der Waals surface area (Å²) in [5, 5.41) is 5.44. The van der Waals surface area contributed by atoms with Gasteiger partial charge in [0.15, 0.2) is 0 Å². The van der Waals surface area contributed by atoms with Gasteiger partial charge in [-0.1, -0.05) is 12.2 Å². The van der Waals surface area contributed by atoms with Crippen LogP contribution in [-0.4, -0.2) is 35.2 Å². The molecule has 30 heavy (non-hydrogen) atoms. The molecule has 1 aromatic rings. The maximum Gasteiger partial charge on any atom is 0.254 e. The molecule has 3 fully saturated rings. The average molecular weight is 408 g/mol. The fourth-order valence-electron chi connectivity index (χ4n) is 5.50. The minimum Gasteiger partial charge on any atom is -0.491 e. The number of carbonyl (C=O) groups excluding carboxylic acids is 2. The second-order valence-corrected chi connectivity index (χ2v) is 9.42. The Bertz CT molecular complexity index is 915. The number of hydrazone groups is 1. The molecular weight excluding hydrogens is 380 g/mol. The van der Waals surface area contributed by atoms with E-state index in [0.717, 1.165) is 11.4 Å². The van der Waals surface area contributed by atoms with Crippen molar-refractivity contribution in [2.24, 2.45) is 40.6 Å². The van der Waals surface area contributed by atoms with Gasteiger partial charge in [0, 0.05) is 11.6 Å². The molecule has 5 aliphatic rings. The zero-order valence-corrected chi connectivity index (χ0v) is 17.8. The van der Waals surface area contributed by atoms with Gasteiger partial charge in [-0.25, -0.2) is 0 Å². The molecule has 6 nitrogen and oxygen atoms in total. The predicted octanol–water partition coefficient (Wildman–Crippen LogP) is 3.65. The first kappa shape index (κ1) is 19.3. The largest absolute Gasteiger partial charge is 0.491 e. The van der Waals surface area contributed by atoms with E-state index in [4.69, 9.17) is 9.47 Å². The van der Waals surface area contributed by atoms with E-state index in [-0.39, 0.29) is 47.7 Å². The van der Waals surface area contributed by atoms with E-state index in [1.54, 1.807) is 6.21 Å². The number of ether oxygens (including phenoxy) is 2. The maximum absolute atomic E-state index is 13.1. The molecule has 6 heteroatoms. The summed E-state index contributed by atoms with van der Waals surface area (Å²) in [6, 6.07) is 5.52. The van der Waals surface area contributed by atoms with Crippen molar-refractivity contribution in [2.45, 2.75) is 46.3 Å². The quantitative estimate of drug-likeness (QED) is 0.409. The first-order chi connectivity index (χ1) is 14.3. The van der Waals surface area contributed by atoms with Crippen LogP contribution in [0.5, 0.6) is 11.5 Å². The van der Waals surface area contributed by atoms with Crippen LogP contribution in [0.25, 0.3) is 0 Å². The summed E-state index contributed by atoms with van der Waals surface area (Å²) < 4.78 is 11.7. The van der Waals surface area contributed by atoms with E-state index in [0.29, 0.717) is 28.9 Å². The Hall–Kier alpha value is -2.63. The summed E-state index contributed by atoms with van der Waals surface area (Å²) >= 11 is 0. The molecule has 0 radical (unpaired) electrons. The van der Waals surface area contributed by atoms with E-state index in [2.05, 4.69) is 17.3 Å². The van der Waals surface area contributed by atoms with Crippen LogP contribution < -0.4 is 9.47 Å². The smallest absolute Gasteiger partial charge is 0.254 e. The number of amides is 2. The Morgan fingerprint density at radius 1 is 0.967 bits per heavy atom. The zero-order chi connectivity index (χ0) is 21.2. The van der Waals surface area contributed by atoms with E-state index >= 15 is 0 Å². The van der Waals surface area contributed by atoms with Crippen LogP contribution in [0.15, 0.2) is 35.5 Å². The van der Waals surface area contributed by atoms with Gasteiger partial charge in [-0.2, -0.15) is 10.1 Å². The number of rotatable bonds is 6. The normalized spacial score (nSPS) is 33.6. The fraction of sp³-hybridized carbons (Fsp3) is 0.542. The molecule has 6 atom stereocenters. The van der Waals surface area contributed by atoms with Crippen LogP contribution in [-0.2, 0) is 9.59 Å². The van der Waals surface area contributed by atoms with Gasteiger partial charge in [-0.3, -0.25) is 9.59 Å². The Morgan fingerprint density at radius 3 is 2.13 bits per heavy atom. The van der Waals surface area contributed by atoms with Gasteiger partial charge in [0.1, 0.15) is 11.5 Å². The molecule has 158 valence electrons. The third-order valence-electron chi connectivity index (χ3n) is 6.67. The van der Waals surface area contributed by atoms with Crippen molar-refractivity contribution in [1.29, 1.82) is 0 Å². The van der Waals surface area contributed by atoms with Crippen molar-refractivity contribution in [3.05, 3.63) is 35.9 Å². The molecule has 1 heterocycles. The highest BCUT2D eigenvalue weighted by Gasteiger charge is 2.67. The van der Waals surface area contributed by atoms with Gasteiger partial charge in [0.25, 0.3) is 11.8 Å². The molecule has 2 amide bonds. The highest BCUT2D eigenvalue weighted by Crippen LogP contribution is 2.65. The monoisotopic (exact) mass is 408 g/mol. The number of hydrogen-bond donors (Lipinski definition) is 0. The van der Waals surface area contributed by atoms with Gasteiger partial charge < -0.3 is 9.47 Å². The van der Waals surface area contributed by atoms with Crippen LogP contribution in [0.1, 0.15) is 39.7 Å². The molecule has 1 saturated heterocycles. The third kappa shape index (κ3) is 3.04. The topological polar surface area (TPSA) is 68.2 Å². The van der Waals surface area contributed by atoms with Crippen molar-refractivity contribution in [3.63, 3.8) is 0 Å². The third-order valence-corrected chi connectivity index (χ3v) is 6.67. The molecule has 0 aromatic heterocycles. The van der Waals surface area contributed by atoms with Crippen LogP contribution in [0.2, 0.25) is 0 Å². The lowest BCUT2D eigenvalue weighted by molar-refractivity contribution is -0.140. The summed E-state index contributed by atoms with van der Waals surface area (Å²) in [6.07, 6.45) is 7.06. The minimum atomic E-state index is -0.235. The van der Waals surface area contributed by atoms with E-state index in [1.165, 1.54) is 0 Å². The van der Waals surface area contributed by atoms with Gasteiger partial charge >= 0.3 is 0 Å². The number of hydrogen-bond acceptors (Lipinski definition) is 5. The molecular formula is C24H28N2O4. The maximum atomic E-state index is 13.1. The second-order valence-electron chi connectivity index (χ2n) is 9.42. The number of allylic oxidation sites excluding steroid dienone is 2. The van der Waals surface area contributed by atoms with Crippen LogP contribution >= 0.6 is 0 Å². The van der Waals surface area contributed by atoms with Crippen molar-refractivity contribution >= 4 is 18.0 Å². The lowest BCUT2D eigenvalue weighted by atomic mass is 9.63. The van der Waals surface area contributed by atoms with E-state index < -0.39 is 0 Å². The Morgan fingerprint density at radius 2 is 1.57 bits per heavy atom. The molecule has 0 unspecified atom stereocenters. The van der Waals surface area contributed by atoms with Crippen LogP contribution in [0.4, 0.5) is 0 Å². The van der Waals surface area contributed by atoms with Gasteiger partial charge in [0.2, 0.25) is 0 Å². The first-order valence-electron chi connectivity index (χ1n) is 10.9. The summed E-state index contributed by atoms with van der Waals surface area (Å²) in [4.78, 5) is 26.1. The minimum absolute atomic E-state index is 0.0298. The molecule has 2 bridgehead atoms. The number of benzene rings is 1. The molecule has 4 aliphatic carbocycles. The molecule has 1 aromatic carbocycles. The van der Waals surface area contributed by atoms with Crippen molar-refractivity contribution < 1.29 is 19.1 Å². The first-order valence-corrected chi connectivity index (χ1v) is 10.9. The summed E-state index contributed by atoms with van der Waals surface area (Å²) in [5.41, 5.74) is 0.708. The zero-order valence-electron chi connectivity index (χ0n) is 17.8. The molecule has 0 N–H and O–H groups in total. The molecule has 6 rings (SSSR count). The lowest BCUT2D eigenvalue weighted by Crippen LogP contribution is -2.40. The standard InChI is InChI=1S/C24H28N2O4/c1-12(2)29-15-6-5-14(20(9-15)30-13(3)4)11-25-26-23(27)21-16-7-8-17(19-10-18(16)19)22(21)24(26)28/h5-9,11-13,16-19,21-22H,10H2,1-4H3/b25-11-/t16-,17-,18-,19+,21+,22+/m0/s1. The van der Waals surface area contributed by atoms with Crippen LogP contribution in [0, 0.1) is 35.5 Å². The van der Waals surface area contributed by atoms with Crippen molar-refractivity contribution in [1.82, 2.24) is 5.01 Å². The Balaban J connectivity index is 1.40. The summed E-state index contributed by atoms with van der Waals surface area (Å²) in [6.45, 7) is 7.83. The predicted molar refractivity (Wildman–Crippen MR) is 112 cm³/mol. The fourth-order valence-corrected chi connectivity index (χ4v) is 5.50. The number of carbonyl (C=O) groups is 2. The Kier molecular flexibility index (Phi) is 4.49. The number of nitrogens with zero attached hydrogens (tertiary/aromatic N) is 2. The Labute approximate surface area is 176 Å². The lowest BCUT2D eigenvalue weighted by Gasteiger charge is -2.37. The summed E-state index contributed by atoms with van der Waals surface area (Å²) in [7, 11) is 0. The molecule has 2 saturated carbocycles. The molecule has 1 aliphatic heterocycles. The van der Waals surface area contributed by atoms with Gasteiger partial charge in [0.05, 0.1) is 30.3 Å². The van der Waals surface area contributed by atoms with E-state index in [9.17, 15) is 9.59 Å². The SMILES string of the molecule is CC(C)Oc1ccc(/C=N\N2C(=O)[C@@H]3[C@H]4C=C[C@@H]([C@@H]5C[C@H]45)[C@H]3C2=O)c(OC(C)C)c1. The van der Waals surface area contributed by atoms with Crippen LogP contribution in [0.3, 0.4) is 0 Å². The van der Waals surface area contributed by atoms with E-state index in [1.807, 2.05) is 45.9 Å². The van der Waals surface area contributed by atoms with Crippen molar-refractivity contribution in [3.8, 4) is 11.5 Å². The second kappa shape index (κ2) is 6.96. The average Bonchev–Trinajstić information content (AvgIpc) is 3.46.